The second kappa shape index (κ2) is 7.26. The monoisotopic (exact) mass is 443 g/mol. The lowest BCUT2D eigenvalue weighted by atomic mass is 9.76. The Labute approximate surface area is 176 Å². The molecule has 0 bridgehead atoms. The minimum Gasteiger partial charge on any atom is -0.288 e. The van der Waals surface area contributed by atoms with Gasteiger partial charge in [0.25, 0.3) is 0 Å². The molecule has 148 valence electrons. The first-order valence-electron chi connectivity index (χ1n) is 8.95. The average Bonchev–Trinajstić information content (AvgIpc) is 3.00. The van der Waals surface area contributed by atoms with Gasteiger partial charge in [-0.15, -0.1) is 0 Å². The molecule has 1 nitrogen and oxygen atoms in total. The van der Waals surface area contributed by atoms with Crippen molar-refractivity contribution >= 4 is 40.7 Å². The fourth-order valence-electron chi connectivity index (χ4n) is 3.93. The van der Waals surface area contributed by atoms with E-state index in [1.165, 1.54) is 23.8 Å². The Morgan fingerprint density at radius 3 is 2.29 bits per heavy atom. The molecule has 4 rings (SSSR count). The molecule has 1 unspecified atom stereocenters. The number of hydrogen-bond acceptors (Lipinski definition) is 2. The zero-order valence-corrected chi connectivity index (χ0v) is 17.4. The van der Waals surface area contributed by atoms with E-state index >= 15 is 0 Å². The van der Waals surface area contributed by atoms with Crippen LogP contribution in [0.25, 0.3) is 0 Å². The van der Waals surface area contributed by atoms with Gasteiger partial charge in [0.1, 0.15) is 5.41 Å². The maximum atomic E-state index is 14.2. The Bertz CT molecular complexity index is 933. The molecule has 0 aromatic heterocycles. The Balaban J connectivity index is 1.68. The van der Waals surface area contributed by atoms with Crippen LogP contribution in [0, 0.1) is 6.92 Å². The number of benzene rings is 2. The molecule has 0 amide bonds. The van der Waals surface area contributed by atoms with Gasteiger partial charge in [-0.2, -0.15) is 24.9 Å². The fourth-order valence-corrected chi connectivity index (χ4v) is 5.28. The van der Waals surface area contributed by atoms with Crippen molar-refractivity contribution in [3.63, 3.8) is 0 Å². The molecule has 1 fully saturated rings. The molecular formula is C21H18Cl2F3NS. The Hall–Kier alpha value is -1.17. The van der Waals surface area contributed by atoms with E-state index in [9.17, 15) is 13.2 Å². The van der Waals surface area contributed by atoms with Gasteiger partial charge in [-0.3, -0.25) is 4.99 Å². The predicted octanol–water partition coefficient (Wildman–Crippen LogP) is 6.83. The van der Waals surface area contributed by atoms with E-state index in [0.717, 1.165) is 22.6 Å². The lowest BCUT2D eigenvalue weighted by Crippen LogP contribution is -2.43. The predicted molar refractivity (Wildman–Crippen MR) is 111 cm³/mol. The SMILES string of the molecule is Cc1cc(C2=NCC(c3cc(Cl)cc(Cl)c3)(C(F)(F)F)C2)ccc1C1CSC1. The van der Waals surface area contributed by atoms with Gasteiger partial charge in [-0.25, -0.2) is 0 Å². The summed E-state index contributed by atoms with van der Waals surface area (Å²) in [6, 6.07) is 10.1. The molecule has 2 heterocycles. The first-order valence-corrected chi connectivity index (χ1v) is 10.9. The summed E-state index contributed by atoms with van der Waals surface area (Å²) in [6.07, 6.45) is -4.68. The summed E-state index contributed by atoms with van der Waals surface area (Å²) in [5, 5.41) is 0.385. The highest BCUT2D eigenvalue weighted by Gasteiger charge is 2.58. The molecule has 28 heavy (non-hydrogen) atoms. The highest BCUT2D eigenvalue weighted by atomic mass is 35.5. The van der Waals surface area contributed by atoms with Gasteiger partial charge in [0.15, 0.2) is 0 Å². The van der Waals surface area contributed by atoms with Gasteiger partial charge >= 0.3 is 6.18 Å². The van der Waals surface area contributed by atoms with E-state index in [-0.39, 0.29) is 28.6 Å². The molecule has 0 saturated carbocycles. The Morgan fingerprint density at radius 1 is 1.07 bits per heavy atom. The van der Waals surface area contributed by atoms with E-state index in [2.05, 4.69) is 4.99 Å². The van der Waals surface area contributed by atoms with Crippen molar-refractivity contribution in [2.45, 2.75) is 30.9 Å². The number of aryl methyl sites for hydroxylation is 1. The number of rotatable bonds is 3. The van der Waals surface area contributed by atoms with Crippen LogP contribution in [0.3, 0.4) is 0 Å². The summed E-state index contributed by atoms with van der Waals surface area (Å²) in [7, 11) is 0. The van der Waals surface area contributed by atoms with E-state index < -0.39 is 11.6 Å². The van der Waals surface area contributed by atoms with E-state index in [1.54, 1.807) is 0 Å². The number of halogens is 5. The highest BCUT2D eigenvalue weighted by molar-refractivity contribution is 8.00. The minimum absolute atomic E-state index is 0.0658. The maximum Gasteiger partial charge on any atom is 0.400 e. The molecule has 0 radical (unpaired) electrons. The van der Waals surface area contributed by atoms with Gasteiger partial charge in [-0.1, -0.05) is 35.3 Å². The summed E-state index contributed by atoms with van der Waals surface area (Å²) in [4.78, 5) is 4.32. The third kappa shape index (κ3) is 3.46. The van der Waals surface area contributed by atoms with Crippen LogP contribution in [-0.4, -0.2) is 29.9 Å². The molecule has 0 N–H and O–H groups in total. The van der Waals surface area contributed by atoms with Crippen LogP contribution in [0.5, 0.6) is 0 Å². The van der Waals surface area contributed by atoms with Crippen LogP contribution < -0.4 is 0 Å². The van der Waals surface area contributed by atoms with Crippen LogP contribution >= 0.6 is 35.0 Å². The maximum absolute atomic E-state index is 14.2. The molecule has 2 aromatic rings. The quantitative estimate of drug-likeness (QED) is 0.506. The van der Waals surface area contributed by atoms with Crippen LogP contribution in [-0.2, 0) is 5.41 Å². The second-order valence-electron chi connectivity index (χ2n) is 7.48. The number of hydrogen-bond donors (Lipinski definition) is 0. The Morgan fingerprint density at radius 2 is 1.75 bits per heavy atom. The number of alkyl halides is 3. The molecule has 7 heteroatoms. The summed E-state index contributed by atoms with van der Waals surface area (Å²) in [6.45, 7) is 1.66. The molecule has 0 spiro atoms. The van der Waals surface area contributed by atoms with Gasteiger partial charge < -0.3 is 0 Å². The zero-order valence-electron chi connectivity index (χ0n) is 15.1. The van der Waals surface area contributed by atoms with Crippen LogP contribution in [0.1, 0.15) is 34.6 Å². The van der Waals surface area contributed by atoms with Gasteiger partial charge in [0, 0.05) is 39.6 Å². The number of thioether (sulfide) groups is 1. The van der Waals surface area contributed by atoms with Crippen LogP contribution in [0.4, 0.5) is 13.2 Å². The van der Waals surface area contributed by atoms with Crippen molar-refractivity contribution < 1.29 is 13.2 Å². The normalized spacial score (nSPS) is 22.9. The first-order chi connectivity index (χ1) is 13.2. The third-order valence-electron chi connectivity index (χ3n) is 5.65. The van der Waals surface area contributed by atoms with E-state index in [0.29, 0.717) is 11.6 Å². The van der Waals surface area contributed by atoms with E-state index in [1.807, 2.05) is 36.9 Å². The zero-order chi connectivity index (χ0) is 20.1. The summed E-state index contributed by atoms with van der Waals surface area (Å²) >= 11 is 13.9. The molecule has 1 saturated heterocycles. The fraction of sp³-hybridized carbons (Fsp3) is 0.381. The Kier molecular flexibility index (Phi) is 5.22. The van der Waals surface area contributed by atoms with Crippen molar-refractivity contribution in [1.82, 2.24) is 0 Å². The smallest absolute Gasteiger partial charge is 0.288 e. The number of aliphatic imine (C=N–C) groups is 1. The lowest BCUT2D eigenvalue weighted by molar-refractivity contribution is -0.183. The lowest BCUT2D eigenvalue weighted by Gasteiger charge is -2.32. The van der Waals surface area contributed by atoms with Crippen molar-refractivity contribution in [2.24, 2.45) is 4.99 Å². The largest absolute Gasteiger partial charge is 0.400 e. The second-order valence-corrected chi connectivity index (χ2v) is 9.43. The van der Waals surface area contributed by atoms with Crippen LogP contribution in [0.2, 0.25) is 10.0 Å². The van der Waals surface area contributed by atoms with Gasteiger partial charge in [-0.05, 0) is 53.4 Å². The van der Waals surface area contributed by atoms with Gasteiger partial charge in [0.2, 0.25) is 0 Å². The molecular weight excluding hydrogens is 426 g/mol. The molecule has 0 aliphatic carbocycles. The molecule has 2 aliphatic heterocycles. The standard InChI is InChI=1S/C21H18Cl2F3NS/c1-12-4-13(2-3-18(12)14-9-28-10-14)19-8-20(11-27-19,21(24,25)26)15-5-16(22)7-17(23)6-15/h2-7,14H,8-11H2,1H3. The summed E-state index contributed by atoms with van der Waals surface area (Å²) in [5.74, 6) is 2.76. The highest BCUT2D eigenvalue weighted by Crippen LogP contribution is 2.49. The third-order valence-corrected chi connectivity index (χ3v) is 7.36. The van der Waals surface area contributed by atoms with Crippen molar-refractivity contribution in [3.8, 4) is 0 Å². The van der Waals surface area contributed by atoms with Crippen molar-refractivity contribution in [3.05, 3.63) is 68.7 Å². The van der Waals surface area contributed by atoms with E-state index in [4.69, 9.17) is 23.2 Å². The minimum atomic E-state index is -4.47. The van der Waals surface area contributed by atoms with Crippen LogP contribution in [0.15, 0.2) is 41.4 Å². The molecule has 2 aliphatic rings. The van der Waals surface area contributed by atoms with Crippen molar-refractivity contribution in [1.29, 1.82) is 0 Å². The average molecular weight is 444 g/mol. The summed E-state index contributed by atoms with van der Waals surface area (Å²) < 4.78 is 42.6. The molecule has 1 atom stereocenters. The molecule has 2 aromatic carbocycles. The number of nitrogens with zero attached hydrogens (tertiary/aromatic N) is 1. The van der Waals surface area contributed by atoms with Gasteiger partial charge in [0.05, 0.1) is 6.54 Å². The summed E-state index contributed by atoms with van der Waals surface area (Å²) in [5.41, 5.74) is 1.59. The topological polar surface area (TPSA) is 12.4 Å². The van der Waals surface area contributed by atoms with Crippen molar-refractivity contribution in [2.75, 3.05) is 18.1 Å². The first kappa shape index (κ1) is 20.1.